The highest BCUT2D eigenvalue weighted by molar-refractivity contribution is 5.97. The van der Waals surface area contributed by atoms with E-state index in [9.17, 15) is 19.1 Å². The number of benzene rings is 1. The van der Waals surface area contributed by atoms with E-state index in [0.717, 1.165) is 12.1 Å². The molecule has 0 spiro atoms. The summed E-state index contributed by atoms with van der Waals surface area (Å²) in [6.07, 6.45) is -0.763. The molecule has 1 fully saturated rings. The number of hydrogen-bond donors (Lipinski definition) is 2. The van der Waals surface area contributed by atoms with Gasteiger partial charge in [-0.1, -0.05) is 0 Å². The molecule has 2 N–H and O–H groups in total. The molecule has 0 aliphatic carbocycles. The van der Waals surface area contributed by atoms with Gasteiger partial charge in [0.1, 0.15) is 5.82 Å². The van der Waals surface area contributed by atoms with E-state index in [4.69, 9.17) is 5.11 Å². The molecule has 1 unspecified atom stereocenters. The van der Waals surface area contributed by atoms with Crippen molar-refractivity contribution in [3.63, 3.8) is 0 Å². The molecular weight excluding hydrogens is 229 g/mol. The van der Waals surface area contributed by atoms with Crippen LogP contribution in [0.15, 0.2) is 18.2 Å². The van der Waals surface area contributed by atoms with E-state index in [-0.39, 0.29) is 24.6 Å². The van der Waals surface area contributed by atoms with Crippen molar-refractivity contribution in [2.24, 2.45) is 0 Å². The number of hydrogen-bond acceptors (Lipinski definition) is 3. The zero-order valence-corrected chi connectivity index (χ0v) is 8.76. The molecule has 2 rings (SSSR count). The number of β-amino-alcohol motifs (C(OH)–C–C–N with tert-alkyl or cyclic N) is 1. The zero-order chi connectivity index (χ0) is 12.6. The number of halogens is 1. The lowest BCUT2D eigenvalue weighted by atomic mass is 10.2. The summed E-state index contributed by atoms with van der Waals surface area (Å²) in [5.41, 5.74) is -0.206. The summed E-state index contributed by atoms with van der Waals surface area (Å²) < 4.78 is 13.1. The number of aromatic carboxylic acids is 1. The van der Waals surface area contributed by atoms with Crippen molar-refractivity contribution >= 4 is 17.6 Å². The third-order valence-corrected chi connectivity index (χ3v) is 2.60. The summed E-state index contributed by atoms with van der Waals surface area (Å²) in [6, 6.07) is 3.40. The zero-order valence-electron chi connectivity index (χ0n) is 8.76. The van der Waals surface area contributed by atoms with E-state index in [1.165, 1.54) is 11.0 Å². The van der Waals surface area contributed by atoms with Gasteiger partial charge in [-0.05, 0) is 18.2 Å². The molecule has 5 nitrogen and oxygen atoms in total. The minimum absolute atomic E-state index is 0.000217. The Morgan fingerprint density at radius 3 is 2.71 bits per heavy atom. The highest BCUT2D eigenvalue weighted by atomic mass is 19.1. The van der Waals surface area contributed by atoms with Crippen LogP contribution in [0.4, 0.5) is 10.1 Å². The van der Waals surface area contributed by atoms with Crippen LogP contribution in [-0.4, -0.2) is 34.7 Å². The van der Waals surface area contributed by atoms with E-state index >= 15 is 0 Å². The van der Waals surface area contributed by atoms with Crippen LogP contribution in [0.3, 0.4) is 0 Å². The molecule has 1 heterocycles. The molecule has 1 saturated heterocycles. The molecular formula is C11H10FNO4. The van der Waals surface area contributed by atoms with E-state index in [1.54, 1.807) is 0 Å². The average molecular weight is 239 g/mol. The first-order chi connectivity index (χ1) is 7.99. The number of aliphatic hydroxyl groups excluding tert-OH is 1. The topological polar surface area (TPSA) is 77.8 Å². The van der Waals surface area contributed by atoms with Crippen molar-refractivity contribution in [2.45, 2.75) is 12.5 Å². The van der Waals surface area contributed by atoms with Crippen LogP contribution >= 0.6 is 0 Å². The summed E-state index contributed by atoms with van der Waals surface area (Å²) in [5, 5.41) is 18.1. The minimum atomic E-state index is -1.39. The molecule has 0 aromatic heterocycles. The van der Waals surface area contributed by atoms with Gasteiger partial charge in [-0.3, -0.25) is 4.79 Å². The largest absolute Gasteiger partial charge is 0.478 e. The second-order valence-corrected chi connectivity index (χ2v) is 3.83. The Bertz CT molecular complexity index is 488. The molecule has 1 amide bonds. The van der Waals surface area contributed by atoms with Crippen molar-refractivity contribution in [3.05, 3.63) is 29.6 Å². The van der Waals surface area contributed by atoms with Crippen LogP contribution in [0.25, 0.3) is 0 Å². The maximum atomic E-state index is 13.1. The summed E-state index contributed by atoms with van der Waals surface area (Å²) in [6.45, 7) is 0.101. The van der Waals surface area contributed by atoms with Gasteiger partial charge in [0.2, 0.25) is 5.91 Å². The van der Waals surface area contributed by atoms with Gasteiger partial charge in [-0.25, -0.2) is 9.18 Å². The maximum absolute atomic E-state index is 13.1. The lowest BCUT2D eigenvalue weighted by Gasteiger charge is -2.16. The van der Waals surface area contributed by atoms with Crippen LogP contribution < -0.4 is 4.90 Å². The average Bonchev–Trinajstić information content (AvgIpc) is 2.58. The Balaban J connectivity index is 2.37. The molecule has 0 bridgehead atoms. The molecule has 90 valence electrons. The third kappa shape index (κ3) is 2.12. The third-order valence-electron chi connectivity index (χ3n) is 2.60. The minimum Gasteiger partial charge on any atom is -0.478 e. The predicted octanol–water partition coefficient (Wildman–Crippen LogP) is 0.622. The van der Waals surface area contributed by atoms with Crippen molar-refractivity contribution < 1.29 is 24.2 Å². The number of rotatable bonds is 2. The molecule has 0 radical (unpaired) electrons. The van der Waals surface area contributed by atoms with Gasteiger partial charge in [-0.2, -0.15) is 0 Å². The number of nitrogens with zero attached hydrogens (tertiary/aromatic N) is 1. The number of amides is 1. The molecule has 1 aromatic rings. The molecule has 1 aromatic carbocycles. The summed E-state index contributed by atoms with van der Waals surface area (Å²) in [4.78, 5) is 23.5. The Morgan fingerprint density at radius 2 is 2.18 bits per heavy atom. The highest BCUT2D eigenvalue weighted by Gasteiger charge is 2.29. The van der Waals surface area contributed by atoms with E-state index in [2.05, 4.69) is 0 Å². The van der Waals surface area contributed by atoms with Crippen LogP contribution in [0.1, 0.15) is 16.8 Å². The fraction of sp³-hybridized carbons (Fsp3) is 0.273. The maximum Gasteiger partial charge on any atom is 0.338 e. The monoisotopic (exact) mass is 239 g/mol. The molecule has 0 saturated carbocycles. The number of carbonyl (C=O) groups is 2. The first kappa shape index (κ1) is 11.5. The number of carboxylic acid groups (broad SMARTS) is 1. The van der Waals surface area contributed by atoms with Gasteiger partial charge >= 0.3 is 5.97 Å². The smallest absolute Gasteiger partial charge is 0.338 e. The van der Waals surface area contributed by atoms with Crippen molar-refractivity contribution in [1.82, 2.24) is 0 Å². The molecule has 6 heteroatoms. The van der Waals surface area contributed by atoms with Crippen molar-refractivity contribution in [1.29, 1.82) is 0 Å². The Hall–Kier alpha value is -1.95. The van der Waals surface area contributed by atoms with Gasteiger partial charge in [0.15, 0.2) is 0 Å². The van der Waals surface area contributed by atoms with Crippen LogP contribution in [0.5, 0.6) is 0 Å². The lowest BCUT2D eigenvalue weighted by Crippen LogP contribution is -2.25. The van der Waals surface area contributed by atoms with Crippen molar-refractivity contribution in [3.8, 4) is 0 Å². The summed E-state index contributed by atoms with van der Waals surface area (Å²) in [7, 11) is 0. The Kier molecular flexibility index (Phi) is 2.81. The summed E-state index contributed by atoms with van der Waals surface area (Å²) >= 11 is 0. The second kappa shape index (κ2) is 4.14. The fourth-order valence-corrected chi connectivity index (χ4v) is 1.78. The van der Waals surface area contributed by atoms with Gasteiger partial charge in [0.05, 0.1) is 24.6 Å². The SMILES string of the molecule is O=C(O)c1cc(N2CC(O)CC2=O)ccc1F. The second-order valence-electron chi connectivity index (χ2n) is 3.83. The molecule has 1 aliphatic rings. The van der Waals surface area contributed by atoms with Gasteiger partial charge < -0.3 is 15.1 Å². The van der Waals surface area contributed by atoms with Gasteiger partial charge in [-0.15, -0.1) is 0 Å². The van der Waals surface area contributed by atoms with Crippen LogP contribution in [0, 0.1) is 5.82 Å². The highest BCUT2D eigenvalue weighted by Crippen LogP contribution is 2.24. The number of carboxylic acids is 1. The lowest BCUT2D eigenvalue weighted by molar-refractivity contribution is -0.117. The van der Waals surface area contributed by atoms with E-state index < -0.39 is 23.5 Å². The van der Waals surface area contributed by atoms with Crippen LogP contribution in [-0.2, 0) is 4.79 Å². The predicted molar refractivity (Wildman–Crippen MR) is 56.3 cm³/mol. The van der Waals surface area contributed by atoms with E-state index in [1.807, 2.05) is 0 Å². The van der Waals surface area contributed by atoms with E-state index in [0.29, 0.717) is 0 Å². The molecule has 17 heavy (non-hydrogen) atoms. The summed E-state index contributed by atoms with van der Waals surface area (Å²) in [5.74, 6) is -2.55. The number of anilines is 1. The van der Waals surface area contributed by atoms with Crippen molar-refractivity contribution in [2.75, 3.05) is 11.4 Å². The number of carbonyl (C=O) groups excluding carboxylic acids is 1. The first-order valence-corrected chi connectivity index (χ1v) is 5.00. The standard InChI is InChI=1S/C11H10FNO4/c12-9-2-1-6(3-8(9)11(16)17)13-5-7(14)4-10(13)15/h1-3,7,14H,4-5H2,(H,16,17). The Labute approximate surface area is 96.1 Å². The van der Waals surface area contributed by atoms with Gasteiger partial charge in [0.25, 0.3) is 0 Å². The molecule has 1 atom stereocenters. The normalized spacial score (nSPS) is 19.8. The molecule has 1 aliphatic heterocycles. The first-order valence-electron chi connectivity index (χ1n) is 5.00. The Morgan fingerprint density at radius 1 is 1.47 bits per heavy atom. The fourth-order valence-electron chi connectivity index (χ4n) is 1.78. The van der Waals surface area contributed by atoms with Gasteiger partial charge in [0, 0.05) is 5.69 Å². The van der Waals surface area contributed by atoms with Crippen LogP contribution in [0.2, 0.25) is 0 Å². The number of aliphatic hydroxyl groups is 1. The quantitative estimate of drug-likeness (QED) is 0.793.